The second-order valence-corrected chi connectivity index (χ2v) is 5.11. The first-order chi connectivity index (χ1) is 6.97. The summed E-state index contributed by atoms with van der Waals surface area (Å²) in [4.78, 5) is 0.186. The summed E-state index contributed by atoms with van der Waals surface area (Å²) in [6.45, 7) is 3.97. The van der Waals surface area contributed by atoms with Crippen molar-refractivity contribution in [1.29, 1.82) is 0 Å². The Morgan fingerprint density at radius 2 is 2.07 bits per heavy atom. The third-order valence-electron chi connectivity index (χ3n) is 2.02. The van der Waals surface area contributed by atoms with Crippen LogP contribution < -0.4 is 4.72 Å². The van der Waals surface area contributed by atoms with Gasteiger partial charge in [-0.25, -0.2) is 13.1 Å². The molecule has 0 saturated carbocycles. The number of nitrogens with one attached hydrogen (secondary N) is 1. The Bertz CT molecular complexity index is 440. The van der Waals surface area contributed by atoms with Crippen LogP contribution >= 0.6 is 0 Å². The number of benzene rings is 1. The van der Waals surface area contributed by atoms with Gasteiger partial charge in [0.25, 0.3) is 0 Å². The van der Waals surface area contributed by atoms with Gasteiger partial charge >= 0.3 is 0 Å². The van der Waals surface area contributed by atoms with E-state index in [2.05, 4.69) is 4.72 Å². The molecular weight excluding hydrogens is 214 g/mol. The van der Waals surface area contributed by atoms with E-state index in [0.29, 0.717) is 12.1 Å². The molecule has 1 aromatic carbocycles. The number of rotatable bonds is 4. The summed E-state index contributed by atoms with van der Waals surface area (Å²) >= 11 is 0. The van der Waals surface area contributed by atoms with E-state index >= 15 is 0 Å². The lowest BCUT2D eigenvalue weighted by Gasteiger charge is -2.06. The molecular formula is C10H15NO3S. The highest BCUT2D eigenvalue weighted by molar-refractivity contribution is 7.89. The van der Waals surface area contributed by atoms with Crippen molar-refractivity contribution in [3.8, 4) is 5.75 Å². The minimum atomic E-state index is -3.42. The average molecular weight is 229 g/mol. The summed E-state index contributed by atoms with van der Waals surface area (Å²) < 4.78 is 25.8. The summed E-state index contributed by atoms with van der Waals surface area (Å²) in [6.07, 6.45) is 0.746. The van der Waals surface area contributed by atoms with E-state index in [-0.39, 0.29) is 10.6 Å². The highest BCUT2D eigenvalue weighted by atomic mass is 32.2. The minimum absolute atomic E-state index is 0.101. The van der Waals surface area contributed by atoms with Crippen LogP contribution in [0.5, 0.6) is 5.75 Å². The molecule has 0 saturated heterocycles. The molecule has 0 spiro atoms. The quantitative estimate of drug-likeness (QED) is 0.820. The van der Waals surface area contributed by atoms with Gasteiger partial charge in [-0.2, -0.15) is 0 Å². The van der Waals surface area contributed by atoms with Crippen molar-refractivity contribution in [3.05, 3.63) is 23.8 Å². The topological polar surface area (TPSA) is 66.4 Å². The maximum Gasteiger partial charge on any atom is 0.240 e. The molecule has 4 nitrogen and oxygen atoms in total. The maximum absolute atomic E-state index is 11.7. The van der Waals surface area contributed by atoms with Gasteiger partial charge in [-0.3, -0.25) is 0 Å². The Morgan fingerprint density at radius 3 is 2.60 bits per heavy atom. The molecule has 0 amide bonds. The second-order valence-electron chi connectivity index (χ2n) is 3.35. The number of hydrogen-bond donors (Lipinski definition) is 2. The Morgan fingerprint density at radius 1 is 1.40 bits per heavy atom. The smallest absolute Gasteiger partial charge is 0.240 e. The number of phenolic OH excluding ortho intramolecular Hbond substituents is 1. The monoisotopic (exact) mass is 229 g/mol. The van der Waals surface area contributed by atoms with Crippen molar-refractivity contribution >= 4 is 10.0 Å². The van der Waals surface area contributed by atoms with E-state index in [9.17, 15) is 13.5 Å². The van der Waals surface area contributed by atoms with Crippen LogP contribution in [-0.2, 0) is 10.0 Å². The van der Waals surface area contributed by atoms with Crippen molar-refractivity contribution in [2.45, 2.75) is 25.2 Å². The largest absolute Gasteiger partial charge is 0.508 e. The van der Waals surface area contributed by atoms with Crippen LogP contribution in [0, 0.1) is 6.92 Å². The van der Waals surface area contributed by atoms with Gasteiger partial charge in [0.05, 0.1) is 4.90 Å². The van der Waals surface area contributed by atoms with E-state index in [1.165, 1.54) is 18.2 Å². The summed E-state index contributed by atoms with van der Waals surface area (Å²) in [7, 11) is -3.42. The van der Waals surface area contributed by atoms with Crippen LogP contribution in [0.4, 0.5) is 0 Å². The Balaban J connectivity index is 3.00. The van der Waals surface area contributed by atoms with E-state index < -0.39 is 10.0 Å². The fraction of sp³-hybridized carbons (Fsp3) is 0.400. The number of phenols is 1. The van der Waals surface area contributed by atoms with Gasteiger partial charge in [0.1, 0.15) is 5.75 Å². The summed E-state index contributed by atoms with van der Waals surface area (Å²) in [5.74, 6) is 0.101. The third kappa shape index (κ3) is 2.94. The van der Waals surface area contributed by atoms with Crippen molar-refractivity contribution < 1.29 is 13.5 Å². The SMILES string of the molecule is CCCNS(=O)(=O)c1ccc(O)c(C)c1. The van der Waals surface area contributed by atoms with E-state index in [4.69, 9.17) is 0 Å². The molecule has 0 aromatic heterocycles. The Labute approximate surface area is 90.0 Å². The molecule has 5 heteroatoms. The number of sulfonamides is 1. The lowest BCUT2D eigenvalue weighted by molar-refractivity contribution is 0.470. The summed E-state index contributed by atoms with van der Waals surface area (Å²) in [6, 6.07) is 4.23. The minimum Gasteiger partial charge on any atom is -0.508 e. The van der Waals surface area contributed by atoms with Gasteiger partial charge in [-0.1, -0.05) is 6.92 Å². The van der Waals surface area contributed by atoms with E-state index in [0.717, 1.165) is 6.42 Å². The third-order valence-corrected chi connectivity index (χ3v) is 3.48. The molecule has 0 radical (unpaired) electrons. The summed E-state index contributed by atoms with van der Waals surface area (Å²) in [5.41, 5.74) is 0.550. The lowest BCUT2D eigenvalue weighted by atomic mass is 10.2. The van der Waals surface area contributed by atoms with Crippen LogP contribution in [0.2, 0.25) is 0 Å². The zero-order valence-corrected chi connectivity index (χ0v) is 9.63. The molecule has 0 unspecified atom stereocenters. The van der Waals surface area contributed by atoms with Crippen LogP contribution in [0.1, 0.15) is 18.9 Å². The highest BCUT2D eigenvalue weighted by Gasteiger charge is 2.13. The molecule has 0 fully saturated rings. The van der Waals surface area contributed by atoms with Crippen molar-refractivity contribution in [3.63, 3.8) is 0 Å². The fourth-order valence-corrected chi connectivity index (χ4v) is 2.33. The number of aryl methyl sites for hydroxylation is 1. The Kier molecular flexibility index (Phi) is 3.71. The fourth-order valence-electron chi connectivity index (χ4n) is 1.11. The normalized spacial score (nSPS) is 11.6. The molecule has 15 heavy (non-hydrogen) atoms. The molecule has 1 rings (SSSR count). The van der Waals surface area contributed by atoms with E-state index in [1.54, 1.807) is 6.92 Å². The van der Waals surface area contributed by atoms with Crippen LogP contribution in [0.25, 0.3) is 0 Å². The first-order valence-electron chi connectivity index (χ1n) is 4.76. The molecule has 0 heterocycles. The van der Waals surface area contributed by atoms with Crippen molar-refractivity contribution in [2.75, 3.05) is 6.54 Å². The number of hydrogen-bond acceptors (Lipinski definition) is 3. The van der Waals surface area contributed by atoms with Crippen molar-refractivity contribution in [1.82, 2.24) is 4.72 Å². The van der Waals surface area contributed by atoms with Gasteiger partial charge < -0.3 is 5.11 Å². The molecule has 0 atom stereocenters. The first-order valence-corrected chi connectivity index (χ1v) is 6.25. The first kappa shape index (κ1) is 12.0. The standard InChI is InChI=1S/C10H15NO3S/c1-3-6-11-15(13,14)9-4-5-10(12)8(2)7-9/h4-5,7,11-12H,3,6H2,1-2H3. The Hall–Kier alpha value is -1.07. The van der Waals surface area contributed by atoms with Gasteiger partial charge in [0, 0.05) is 6.54 Å². The zero-order chi connectivity index (χ0) is 11.5. The average Bonchev–Trinajstić information content (AvgIpc) is 2.19. The second kappa shape index (κ2) is 4.63. The molecule has 0 aliphatic rings. The molecule has 0 aliphatic heterocycles. The maximum atomic E-state index is 11.7. The lowest BCUT2D eigenvalue weighted by Crippen LogP contribution is -2.24. The van der Waals surface area contributed by atoms with Crippen molar-refractivity contribution in [2.24, 2.45) is 0 Å². The zero-order valence-electron chi connectivity index (χ0n) is 8.82. The molecule has 1 aromatic rings. The van der Waals surface area contributed by atoms with Crippen LogP contribution in [0.3, 0.4) is 0 Å². The molecule has 0 bridgehead atoms. The molecule has 0 aliphatic carbocycles. The van der Waals surface area contributed by atoms with Crippen LogP contribution in [0.15, 0.2) is 23.1 Å². The van der Waals surface area contributed by atoms with E-state index in [1.807, 2.05) is 6.92 Å². The number of aromatic hydroxyl groups is 1. The van der Waals surface area contributed by atoms with Gasteiger partial charge in [0.15, 0.2) is 0 Å². The predicted octanol–water partition coefficient (Wildman–Crippen LogP) is 1.39. The molecule has 84 valence electrons. The predicted molar refractivity (Wildman–Crippen MR) is 58.3 cm³/mol. The van der Waals surface area contributed by atoms with Crippen LogP contribution in [-0.4, -0.2) is 20.1 Å². The van der Waals surface area contributed by atoms with Gasteiger partial charge in [-0.15, -0.1) is 0 Å². The van der Waals surface area contributed by atoms with Gasteiger partial charge in [0.2, 0.25) is 10.0 Å². The summed E-state index contributed by atoms with van der Waals surface area (Å²) in [5, 5.41) is 9.27. The van der Waals surface area contributed by atoms with Gasteiger partial charge in [-0.05, 0) is 37.1 Å². The molecule has 2 N–H and O–H groups in total. The highest BCUT2D eigenvalue weighted by Crippen LogP contribution is 2.19.